The van der Waals surface area contributed by atoms with E-state index in [9.17, 15) is 10.2 Å². The second-order valence-corrected chi connectivity index (χ2v) is 10.7. The van der Waals surface area contributed by atoms with Gasteiger partial charge in [0.25, 0.3) is 0 Å². The largest absolute Gasteiger partial charge is 0.493 e. The summed E-state index contributed by atoms with van der Waals surface area (Å²) in [6.07, 6.45) is 0.767. The molecule has 0 aliphatic carbocycles. The number of rotatable bonds is 17. The maximum atomic E-state index is 9.44. The zero-order valence-electron chi connectivity index (χ0n) is 23.8. The predicted octanol–water partition coefficient (Wildman–Crippen LogP) is 5.76. The van der Waals surface area contributed by atoms with Crippen LogP contribution in [-0.4, -0.2) is 61.1 Å². The molecule has 6 nitrogen and oxygen atoms in total. The SMILES string of the molecule is CCC(OCCC(C)O)C(C)COc1ccc(C(C)(C)c2ccc(OCC(C)OCC(C)O)cc2)cc1. The van der Waals surface area contributed by atoms with Gasteiger partial charge in [-0.3, -0.25) is 0 Å². The maximum absolute atomic E-state index is 9.44. The maximum Gasteiger partial charge on any atom is 0.119 e. The standard InChI is InChI=1S/C31H48O6/c1-8-30(34-18-17-23(3)32)22(2)19-36-28-13-9-26(10-14-28)31(6,7)27-11-15-29(16-12-27)37-21-25(5)35-20-24(4)33/h9-16,22-25,30,32-33H,8,17-21H2,1-7H3. The van der Waals surface area contributed by atoms with Crippen molar-refractivity contribution in [3.63, 3.8) is 0 Å². The average molecular weight is 517 g/mol. The zero-order valence-corrected chi connectivity index (χ0v) is 23.8. The number of ether oxygens (including phenoxy) is 4. The Morgan fingerprint density at radius 1 is 0.703 bits per heavy atom. The van der Waals surface area contributed by atoms with Crippen LogP contribution in [0.4, 0.5) is 0 Å². The van der Waals surface area contributed by atoms with Crippen LogP contribution in [-0.2, 0) is 14.9 Å². The molecule has 2 rings (SSSR count). The van der Waals surface area contributed by atoms with E-state index in [1.54, 1.807) is 13.8 Å². The molecule has 0 saturated carbocycles. The second kappa shape index (κ2) is 15.3. The summed E-state index contributed by atoms with van der Waals surface area (Å²) >= 11 is 0. The van der Waals surface area contributed by atoms with Crippen LogP contribution in [0.15, 0.2) is 48.5 Å². The number of hydrogen-bond acceptors (Lipinski definition) is 6. The van der Waals surface area contributed by atoms with E-state index in [-0.39, 0.29) is 29.6 Å². The molecule has 2 aromatic carbocycles. The molecule has 0 radical (unpaired) electrons. The highest BCUT2D eigenvalue weighted by molar-refractivity contribution is 5.41. The smallest absolute Gasteiger partial charge is 0.119 e. The Balaban J connectivity index is 1.90. The Labute approximate surface area is 223 Å². The first-order valence-corrected chi connectivity index (χ1v) is 13.6. The molecule has 37 heavy (non-hydrogen) atoms. The number of benzene rings is 2. The molecule has 0 bridgehead atoms. The van der Waals surface area contributed by atoms with Gasteiger partial charge in [0.15, 0.2) is 0 Å². The molecule has 0 fully saturated rings. The number of aliphatic hydroxyl groups excluding tert-OH is 2. The van der Waals surface area contributed by atoms with Gasteiger partial charge in [-0.1, -0.05) is 52.0 Å². The Bertz CT molecular complexity index is 876. The van der Waals surface area contributed by atoms with Gasteiger partial charge < -0.3 is 29.2 Å². The topological polar surface area (TPSA) is 77.4 Å². The summed E-state index contributed by atoms with van der Waals surface area (Å²) in [6, 6.07) is 16.5. The molecule has 0 spiro atoms. The molecule has 5 unspecified atom stereocenters. The Hall–Kier alpha value is -2.12. The first kappa shape index (κ1) is 31.1. The van der Waals surface area contributed by atoms with Gasteiger partial charge in [-0.25, -0.2) is 0 Å². The highest BCUT2D eigenvalue weighted by atomic mass is 16.5. The van der Waals surface area contributed by atoms with Crippen molar-refractivity contribution in [3.8, 4) is 11.5 Å². The molecule has 0 amide bonds. The van der Waals surface area contributed by atoms with E-state index in [0.717, 1.165) is 17.9 Å². The quantitative estimate of drug-likeness (QED) is 0.278. The minimum absolute atomic E-state index is 0.0927. The summed E-state index contributed by atoms with van der Waals surface area (Å²) in [5.74, 6) is 1.90. The predicted molar refractivity (Wildman–Crippen MR) is 149 cm³/mol. The number of aliphatic hydroxyl groups is 2. The molecular weight excluding hydrogens is 468 g/mol. The highest BCUT2D eigenvalue weighted by Crippen LogP contribution is 2.33. The van der Waals surface area contributed by atoms with Crippen LogP contribution in [0.3, 0.4) is 0 Å². The fourth-order valence-electron chi connectivity index (χ4n) is 4.08. The minimum atomic E-state index is -0.479. The third-order valence-electron chi connectivity index (χ3n) is 6.68. The van der Waals surface area contributed by atoms with Crippen LogP contribution in [0.5, 0.6) is 11.5 Å². The molecule has 2 N–H and O–H groups in total. The molecular formula is C31H48O6. The fourth-order valence-corrected chi connectivity index (χ4v) is 4.08. The lowest BCUT2D eigenvalue weighted by atomic mass is 9.78. The van der Waals surface area contributed by atoms with E-state index in [1.807, 2.05) is 31.2 Å². The normalized spacial score (nSPS) is 16.0. The van der Waals surface area contributed by atoms with Crippen molar-refractivity contribution in [2.45, 2.75) is 91.1 Å². The third kappa shape index (κ3) is 10.6. The van der Waals surface area contributed by atoms with Crippen LogP contribution in [0.2, 0.25) is 0 Å². The molecule has 5 atom stereocenters. The van der Waals surface area contributed by atoms with Crippen molar-refractivity contribution >= 4 is 0 Å². The summed E-state index contributed by atoms with van der Waals surface area (Å²) in [4.78, 5) is 0. The van der Waals surface area contributed by atoms with Crippen LogP contribution >= 0.6 is 0 Å². The van der Waals surface area contributed by atoms with Gasteiger partial charge in [-0.05, 0) is 69.0 Å². The molecule has 2 aromatic rings. The molecule has 0 aromatic heterocycles. The van der Waals surface area contributed by atoms with E-state index in [2.05, 4.69) is 52.0 Å². The third-order valence-corrected chi connectivity index (χ3v) is 6.68. The summed E-state index contributed by atoms with van der Waals surface area (Å²) < 4.78 is 23.4. The summed E-state index contributed by atoms with van der Waals surface area (Å²) in [5.41, 5.74) is 2.22. The lowest BCUT2D eigenvalue weighted by molar-refractivity contribution is -0.0132. The average Bonchev–Trinajstić information content (AvgIpc) is 2.87. The Morgan fingerprint density at radius 2 is 1.22 bits per heavy atom. The van der Waals surface area contributed by atoms with E-state index >= 15 is 0 Å². The molecule has 0 aliphatic rings. The van der Waals surface area contributed by atoms with Crippen LogP contribution < -0.4 is 9.47 Å². The van der Waals surface area contributed by atoms with Crippen molar-refractivity contribution in [1.29, 1.82) is 0 Å². The van der Waals surface area contributed by atoms with Crippen molar-refractivity contribution in [1.82, 2.24) is 0 Å². The van der Waals surface area contributed by atoms with Crippen molar-refractivity contribution in [2.24, 2.45) is 5.92 Å². The number of hydrogen-bond donors (Lipinski definition) is 2. The van der Waals surface area contributed by atoms with E-state index < -0.39 is 6.10 Å². The zero-order chi connectivity index (χ0) is 27.4. The Morgan fingerprint density at radius 3 is 1.68 bits per heavy atom. The van der Waals surface area contributed by atoms with Crippen LogP contribution in [0.1, 0.15) is 72.4 Å². The van der Waals surface area contributed by atoms with Gasteiger partial charge in [-0.15, -0.1) is 0 Å². The van der Waals surface area contributed by atoms with Gasteiger partial charge in [0.05, 0.1) is 37.6 Å². The first-order valence-electron chi connectivity index (χ1n) is 13.6. The lowest BCUT2D eigenvalue weighted by Crippen LogP contribution is -2.27. The molecule has 6 heteroatoms. The summed E-state index contributed by atoms with van der Waals surface area (Å²) in [6.45, 7) is 16.0. The highest BCUT2D eigenvalue weighted by Gasteiger charge is 2.23. The van der Waals surface area contributed by atoms with Crippen LogP contribution in [0.25, 0.3) is 0 Å². The summed E-state index contributed by atoms with van der Waals surface area (Å²) in [7, 11) is 0. The van der Waals surface area contributed by atoms with Crippen LogP contribution in [0, 0.1) is 5.92 Å². The molecule has 208 valence electrons. The van der Waals surface area contributed by atoms with Gasteiger partial charge in [0.1, 0.15) is 18.1 Å². The van der Waals surface area contributed by atoms with Crippen molar-refractivity contribution < 1.29 is 29.2 Å². The monoisotopic (exact) mass is 516 g/mol. The fraction of sp³-hybridized carbons (Fsp3) is 0.613. The minimum Gasteiger partial charge on any atom is -0.493 e. The molecule has 0 saturated heterocycles. The van der Waals surface area contributed by atoms with E-state index in [0.29, 0.717) is 32.8 Å². The second-order valence-electron chi connectivity index (χ2n) is 10.7. The molecule has 0 heterocycles. The van der Waals surface area contributed by atoms with Gasteiger partial charge in [0.2, 0.25) is 0 Å². The van der Waals surface area contributed by atoms with Gasteiger partial charge in [-0.2, -0.15) is 0 Å². The van der Waals surface area contributed by atoms with E-state index in [4.69, 9.17) is 18.9 Å². The van der Waals surface area contributed by atoms with Gasteiger partial charge >= 0.3 is 0 Å². The van der Waals surface area contributed by atoms with E-state index in [1.165, 1.54) is 11.1 Å². The molecule has 0 aliphatic heterocycles. The van der Waals surface area contributed by atoms with Crippen molar-refractivity contribution in [3.05, 3.63) is 59.7 Å². The van der Waals surface area contributed by atoms with Gasteiger partial charge in [0, 0.05) is 17.9 Å². The lowest BCUT2D eigenvalue weighted by Gasteiger charge is -2.27. The first-order chi connectivity index (χ1) is 17.5. The Kier molecular flexibility index (Phi) is 12.9. The van der Waals surface area contributed by atoms with Crippen molar-refractivity contribution in [2.75, 3.05) is 26.4 Å². The summed E-state index contributed by atoms with van der Waals surface area (Å²) in [5, 5.41) is 18.8.